The monoisotopic (exact) mass is 416 g/mol. The molecule has 7 heteroatoms. The van der Waals surface area contributed by atoms with Crippen LogP contribution in [0.15, 0.2) is 70.4 Å². The van der Waals surface area contributed by atoms with E-state index in [9.17, 15) is 0 Å². The van der Waals surface area contributed by atoms with E-state index < -0.39 is 0 Å². The van der Waals surface area contributed by atoms with Gasteiger partial charge in [-0.3, -0.25) is 9.98 Å². The average molecular weight is 417 g/mol. The Morgan fingerprint density at radius 1 is 1.19 bits per heavy atom. The smallest absolute Gasteiger partial charge is 0.206 e. The van der Waals surface area contributed by atoms with E-state index in [4.69, 9.17) is 28.3 Å². The first-order valence-corrected chi connectivity index (χ1v) is 9.86. The summed E-state index contributed by atoms with van der Waals surface area (Å²) >= 11 is 14.1. The van der Waals surface area contributed by atoms with Gasteiger partial charge in [0, 0.05) is 33.9 Å². The normalized spacial score (nSPS) is 12.4. The van der Waals surface area contributed by atoms with Crippen LogP contribution < -0.4 is 4.80 Å². The van der Waals surface area contributed by atoms with Crippen LogP contribution in [0.25, 0.3) is 11.3 Å². The summed E-state index contributed by atoms with van der Waals surface area (Å²) in [4.78, 5) is 9.46. The summed E-state index contributed by atoms with van der Waals surface area (Å²) in [5.74, 6) is 0. The molecule has 3 rings (SSSR count). The predicted molar refractivity (Wildman–Crippen MR) is 115 cm³/mol. The van der Waals surface area contributed by atoms with Gasteiger partial charge in [0.15, 0.2) is 0 Å². The van der Waals surface area contributed by atoms with Crippen LogP contribution in [0.3, 0.4) is 0 Å². The Bertz CT molecular complexity index is 1070. The van der Waals surface area contributed by atoms with Crippen molar-refractivity contribution in [3.05, 3.63) is 80.7 Å². The predicted octanol–water partition coefficient (Wildman–Crippen LogP) is 5.67. The van der Waals surface area contributed by atoms with Gasteiger partial charge < -0.3 is 0 Å². The number of pyridine rings is 1. The summed E-state index contributed by atoms with van der Waals surface area (Å²) in [6.45, 7) is 8.35. The third-order valence-electron chi connectivity index (χ3n) is 3.72. The second kappa shape index (κ2) is 8.65. The van der Waals surface area contributed by atoms with E-state index in [1.54, 1.807) is 29.2 Å². The quantitative estimate of drug-likeness (QED) is 0.390. The van der Waals surface area contributed by atoms with Gasteiger partial charge in [0.1, 0.15) is 0 Å². The molecule has 4 nitrogen and oxygen atoms in total. The molecule has 2 heterocycles. The van der Waals surface area contributed by atoms with Gasteiger partial charge in [-0.15, -0.1) is 11.3 Å². The van der Waals surface area contributed by atoms with Crippen molar-refractivity contribution in [2.75, 3.05) is 6.54 Å². The lowest BCUT2D eigenvalue weighted by Gasteiger charge is -2.08. The highest BCUT2D eigenvalue weighted by atomic mass is 35.5. The van der Waals surface area contributed by atoms with E-state index in [1.165, 1.54) is 11.3 Å². The molecule has 0 radical (unpaired) electrons. The molecule has 0 N–H and O–H groups in total. The second-order valence-corrected chi connectivity index (χ2v) is 7.71. The van der Waals surface area contributed by atoms with Gasteiger partial charge in [-0.05, 0) is 44.2 Å². The van der Waals surface area contributed by atoms with Gasteiger partial charge in [-0.1, -0.05) is 35.4 Å². The van der Waals surface area contributed by atoms with Crippen molar-refractivity contribution in [3.8, 4) is 11.3 Å². The fraction of sp³-hybridized carbons (Fsp3) is 0.150. The molecule has 0 aliphatic heterocycles. The van der Waals surface area contributed by atoms with Crippen LogP contribution in [0, 0.1) is 0 Å². The summed E-state index contributed by atoms with van der Waals surface area (Å²) in [5.41, 5.74) is 4.45. The maximum Gasteiger partial charge on any atom is 0.206 e. The first-order valence-electron chi connectivity index (χ1n) is 8.22. The number of hydrogen-bond donors (Lipinski definition) is 0. The Balaban J connectivity index is 2.20. The molecule has 0 aliphatic carbocycles. The van der Waals surface area contributed by atoms with Crippen molar-refractivity contribution >= 4 is 40.3 Å². The summed E-state index contributed by atoms with van der Waals surface area (Å²) < 4.78 is 1.81. The molecule has 0 spiro atoms. The molecule has 0 amide bonds. The lowest BCUT2D eigenvalue weighted by molar-refractivity contribution is 0.830. The van der Waals surface area contributed by atoms with Gasteiger partial charge >= 0.3 is 0 Å². The standard InChI is InChI=1S/C20H18Cl2N4S/c1-13(2)11-24-20-26(25-14(3)15-6-8-23-9-7-15)19(12-27-20)17-10-16(21)4-5-18(17)22/h4-10,12H,1,11H2,2-3H3. The molecular formula is C20H18Cl2N4S. The zero-order valence-corrected chi connectivity index (χ0v) is 17.3. The minimum atomic E-state index is 0.535. The Morgan fingerprint density at radius 3 is 2.63 bits per heavy atom. The molecule has 138 valence electrons. The summed E-state index contributed by atoms with van der Waals surface area (Å²) in [5, 5.41) is 8.01. The molecular weight excluding hydrogens is 399 g/mol. The Morgan fingerprint density at radius 2 is 1.93 bits per heavy atom. The van der Waals surface area contributed by atoms with E-state index in [-0.39, 0.29) is 0 Å². The molecule has 1 aromatic carbocycles. The van der Waals surface area contributed by atoms with Crippen molar-refractivity contribution in [2.24, 2.45) is 10.1 Å². The number of thiazole rings is 1. The van der Waals surface area contributed by atoms with Crippen LogP contribution in [-0.2, 0) is 0 Å². The largest absolute Gasteiger partial charge is 0.265 e. The Labute approximate surface area is 172 Å². The van der Waals surface area contributed by atoms with Crippen LogP contribution in [-0.4, -0.2) is 21.9 Å². The van der Waals surface area contributed by atoms with Crippen molar-refractivity contribution in [1.29, 1.82) is 0 Å². The Kier molecular flexibility index (Phi) is 6.26. The topological polar surface area (TPSA) is 42.5 Å². The van der Waals surface area contributed by atoms with Crippen molar-refractivity contribution in [1.82, 2.24) is 9.66 Å². The fourth-order valence-electron chi connectivity index (χ4n) is 2.39. The third kappa shape index (κ3) is 4.75. The first kappa shape index (κ1) is 19.5. The fourth-order valence-corrected chi connectivity index (χ4v) is 3.60. The molecule has 0 unspecified atom stereocenters. The average Bonchev–Trinajstić information content (AvgIpc) is 3.05. The van der Waals surface area contributed by atoms with E-state index in [0.29, 0.717) is 16.6 Å². The summed E-state index contributed by atoms with van der Waals surface area (Å²) in [6, 6.07) is 9.22. The molecule has 0 atom stereocenters. The highest BCUT2D eigenvalue weighted by molar-refractivity contribution is 7.07. The van der Waals surface area contributed by atoms with Crippen molar-refractivity contribution < 1.29 is 0 Å². The minimum Gasteiger partial charge on any atom is -0.265 e. The van der Waals surface area contributed by atoms with E-state index in [0.717, 1.165) is 32.9 Å². The highest BCUT2D eigenvalue weighted by Gasteiger charge is 2.12. The van der Waals surface area contributed by atoms with E-state index in [2.05, 4.69) is 16.6 Å². The van der Waals surface area contributed by atoms with Crippen LogP contribution in [0.4, 0.5) is 0 Å². The SMILES string of the molecule is C=C(C)CN=c1scc(-c2cc(Cl)ccc2Cl)n1N=C(C)c1ccncc1. The highest BCUT2D eigenvalue weighted by Crippen LogP contribution is 2.31. The lowest BCUT2D eigenvalue weighted by atomic mass is 10.2. The van der Waals surface area contributed by atoms with Crippen LogP contribution in [0.2, 0.25) is 10.0 Å². The van der Waals surface area contributed by atoms with Crippen LogP contribution in [0.1, 0.15) is 19.4 Å². The molecule has 0 saturated heterocycles. The molecule has 27 heavy (non-hydrogen) atoms. The maximum absolute atomic E-state index is 6.42. The zero-order valence-electron chi connectivity index (χ0n) is 15.0. The number of rotatable bonds is 5. The van der Waals surface area contributed by atoms with Gasteiger partial charge in [0.25, 0.3) is 0 Å². The molecule has 0 saturated carbocycles. The number of halogens is 2. The molecule has 0 bridgehead atoms. The van der Waals surface area contributed by atoms with Gasteiger partial charge in [-0.2, -0.15) is 5.10 Å². The molecule has 3 aromatic rings. The summed E-state index contributed by atoms with van der Waals surface area (Å²) in [7, 11) is 0. The third-order valence-corrected chi connectivity index (χ3v) is 5.14. The molecule has 0 aliphatic rings. The van der Waals surface area contributed by atoms with Gasteiger partial charge in [0.05, 0.1) is 23.0 Å². The van der Waals surface area contributed by atoms with E-state index >= 15 is 0 Å². The Hall–Kier alpha value is -2.21. The summed E-state index contributed by atoms with van der Waals surface area (Å²) in [6.07, 6.45) is 3.49. The first-order chi connectivity index (χ1) is 13.0. The van der Waals surface area contributed by atoms with Crippen LogP contribution in [0.5, 0.6) is 0 Å². The van der Waals surface area contributed by atoms with E-state index in [1.807, 2.05) is 37.4 Å². The van der Waals surface area contributed by atoms with Gasteiger partial charge in [0.2, 0.25) is 4.80 Å². The molecule has 2 aromatic heterocycles. The number of nitrogens with zero attached hydrogens (tertiary/aromatic N) is 4. The second-order valence-electron chi connectivity index (χ2n) is 6.03. The number of benzene rings is 1. The van der Waals surface area contributed by atoms with Crippen molar-refractivity contribution in [3.63, 3.8) is 0 Å². The van der Waals surface area contributed by atoms with Crippen LogP contribution >= 0.6 is 34.5 Å². The maximum atomic E-state index is 6.42. The minimum absolute atomic E-state index is 0.535. The number of aromatic nitrogens is 2. The number of hydrogen-bond acceptors (Lipinski definition) is 4. The lowest BCUT2D eigenvalue weighted by Crippen LogP contribution is -2.15. The van der Waals surface area contributed by atoms with Crippen molar-refractivity contribution in [2.45, 2.75) is 13.8 Å². The van der Waals surface area contributed by atoms with Gasteiger partial charge in [-0.25, -0.2) is 4.68 Å². The molecule has 0 fully saturated rings. The zero-order chi connectivity index (χ0) is 19.4.